The van der Waals surface area contributed by atoms with E-state index in [0.29, 0.717) is 0 Å². The number of aromatic nitrogens is 3. The molecule has 0 atom stereocenters. The minimum Gasteiger partial charge on any atom is -0.463 e. The molecule has 0 saturated carbocycles. The Labute approximate surface area is 133 Å². The van der Waals surface area contributed by atoms with E-state index >= 15 is 0 Å². The van der Waals surface area contributed by atoms with E-state index in [1.54, 1.807) is 6.92 Å². The maximum absolute atomic E-state index is 13.7. The third-order valence-electron chi connectivity index (χ3n) is 2.55. The van der Waals surface area contributed by atoms with Crippen molar-refractivity contribution >= 4 is 5.97 Å². The molecule has 8 heteroatoms. The first-order valence-electron chi connectivity index (χ1n) is 7.16. The van der Waals surface area contributed by atoms with Crippen LogP contribution in [0.3, 0.4) is 0 Å². The molecule has 0 radical (unpaired) electrons. The Morgan fingerprint density at radius 3 is 2.43 bits per heavy atom. The molecular weight excluding hydrogens is 308 g/mol. The Bertz CT molecular complexity index is 639. The van der Waals surface area contributed by atoms with Gasteiger partial charge >= 0.3 is 12.0 Å². The van der Waals surface area contributed by atoms with Crippen molar-refractivity contribution in [2.75, 3.05) is 13.2 Å². The number of rotatable bonds is 5. The highest BCUT2D eigenvalue weighted by Crippen LogP contribution is 2.25. The molecular formula is C15H19F2N3O3. The van der Waals surface area contributed by atoms with Gasteiger partial charge < -0.3 is 9.47 Å². The van der Waals surface area contributed by atoms with Crippen molar-refractivity contribution in [3.8, 4) is 17.4 Å². The first kappa shape index (κ1) is 18.5. The molecule has 1 aromatic heterocycles. The van der Waals surface area contributed by atoms with Gasteiger partial charge in [-0.3, -0.25) is 0 Å². The molecule has 0 bridgehead atoms. The van der Waals surface area contributed by atoms with Crippen LogP contribution in [0.1, 0.15) is 20.8 Å². The van der Waals surface area contributed by atoms with Crippen LogP contribution in [0.15, 0.2) is 18.2 Å². The fourth-order valence-corrected chi connectivity index (χ4v) is 1.68. The number of carbonyl (C=O) groups is 1. The van der Waals surface area contributed by atoms with Gasteiger partial charge in [0.25, 0.3) is 0 Å². The van der Waals surface area contributed by atoms with Crippen LogP contribution in [0.5, 0.6) is 6.01 Å². The van der Waals surface area contributed by atoms with Crippen LogP contribution in [-0.4, -0.2) is 33.9 Å². The lowest BCUT2D eigenvalue weighted by atomic mass is 10.2. The highest BCUT2D eigenvalue weighted by atomic mass is 19.1. The van der Waals surface area contributed by atoms with Gasteiger partial charge in [-0.2, -0.15) is 4.98 Å². The van der Waals surface area contributed by atoms with E-state index in [1.807, 2.05) is 13.8 Å². The van der Waals surface area contributed by atoms with Crippen LogP contribution in [0, 0.1) is 11.6 Å². The lowest BCUT2D eigenvalue weighted by Crippen LogP contribution is -2.15. The van der Waals surface area contributed by atoms with Gasteiger partial charge in [0.1, 0.15) is 11.6 Å². The molecule has 23 heavy (non-hydrogen) atoms. The quantitative estimate of drug-likeness (QED) is 0.790. The van der Waals surface area contributed by atoms with Gasteiger partial charge in [-0.1, -0.05) is 19.9 Å². The van der Waals surface area contributed by atoms with Crippen molar-refractivity contribution in [3.63, 3.8) is 0 Å². The van der Waals surface area contributed by atoms with E-state index in [0.717, 1.165) is 12.1 Å². The molecule has 1 aromatic carbocycles. The third-order valence-corrected chi connectivity index (χ3v) is 2.55. The number of nitrogens with zero attached hydrogens (tertiary/aromatic N) is 3. The predicted octanol–water partition coefficient (Wildman–Crippen LogP) is 2.73. The Morgan fingerprint density at radius 1 is 1.26 bits per heavy atom. The molecule has 2 aromatic rings. The normalized spacial score (nSPS) is 9.83. The topological polar surface area (TPSA) is 66.2 Å². The van der Waals surface area contributed by atoms with Crippen molar-refractivity contribution in [1.82, 2.24) is 14.8 Å². The molecule has 0 unspecified atom stereocenters. The van der Waals surface area contributed by atoms with Crippen LogP contribution in [0.4, 0.5) is 8.78 Å². The number of halogens is 2. The number of hydrogen-bond donors (Lipinski definition) is 0. The summed E-state index contributed by atoms with van der Waals surface area (Å²) in [4.78, 5) is 15.0. The summed E-state index contributed by atoms with van der Waals surface area (Å²) in [6.07, 6.45) is 0. The SMILES string of the molecule is CC.CCOC(=O)COc1nc(-c2c(F)cccc2F)n(C)n1. The zero-order valence-corrected chi connectivity index (χ0v) is 13.5. The average molecular weight is 327 g/mol. The van der Waals surface area contributed by atoms with E-state index in [-0.39, 0.29) is 30.6 Å². The zero-order chi connectivity index (χ0) is 17.4. The first-order chi connectivity index (χ1) is 11.0. The maximum atomic E-state index is 13.7. The Kier molecular flexibility index (Phi) is 7.11. The standard InChI is InChI=1S/C13H13F2N3O3.C2H6/c1-3-20-10(19)7-21-13-16-12(18(2)17-13)11-8(14)5-4-6-9(11)15;1-2/h4-6H,3,7H2,1-2H3;1-2H3. The van der Waals surface area contributed by atoms with Crippen molar-refractivity contribution < 1.29 is 23.0 Å². The van der Waals surface area contributed by atoms with Crippen molar-refractivity contribution in [1.29, 1.82) is 0 Å². The lowest BCUT2D eigenvalue weighted by Gasteiger charge is -2.02. The van der Waals surface area contributed by atoms with Gasteiger partial charge in [0.2, 0.25) is 0 Å². The van der Waals surface area contributed by atoms with Gasteiger partial charge in [-0.05, 0) is 19.1 Å². The number of aryl methyl sites for hydroxylation is 1. The molecule has 1 heterocycles. The molecule has 0 amide bonds. The highest BCUT2D eigenvalue weighted by Gasteiger charge is 2.19. The number of hydrogen-bond acceptors (Lipinski definition) is 5. The average Bonchev–Trinajstić information content (AvgIpc) is 2.88. The summed E-state index contributed by atoms with van der Waals surface area (Å²) in [5.41, 5.74) is -0.307. The van der Waals surface area contributed by atoms with Gasteiger partial charge in [0.15, 0.2) is 12.4 Å². The molecule has 0 fully saturated rings. The molecule has 0 N–H and O–H groups in total. The highest BCUT2D eigenvalue weighted by molar-refractivity contribution is 5.70. The third kappa shape index (κ3) is 4.73. The van der Waals surface area contributed by atoms with E-state index in [9.17, 15) is 13.6 Å². The number of carbonyl (C=O) groups excluding carboxylic acids is 1. The molecule has 0 saturated heterocycles. The molecule has 0 aliphatic heterocycles. The van der Waals surface area contributed by atoms with Gasteiger partial charge in [0, 0.05) is 7.05 Å². The Balaban J connectivity index is 0.00000127. The van der Waals surface area contributed by atoms with Crippen LogP contribution in [-0.2, 0) is 16.6 Å². The minimum absolute atomic E-state index is 0.0375. The fourth-order valence-electron chi connectivity index (χ4n) is 1.68. The number of benzene rings is 1. The summed E-state index contributed by atoms with van der Waals surface area (Å²) in [5, 5.41) is 3.84. The lowest BCUT2D eigenvalue weighted by molar-refractivity contribution is -0.145. The summed E-state index contributed by atoms with van der Waals surface area (Å²) in [6, 6.07) is 3.32. The number of ether oxygens (including phenoxy) is 2. The molecule has 0 aliphatic rings. The van der Waals surface area contributed by atoms with Crippen LogP contribution < -0.4 is 4.74 Å². The maximum Gasteiger partial charge on any atom is 0.344 e. The van der Waals surface area contributed by atoms with Crippen LogP contribution in [0.2, 0.25) is 0 Å². The Hall–Kier alpha value is -2.51. The van der Waals surface area contributed by atoms with Crippen molar-refractivity contribution in [2.45, 2.75) is 20.8 Å². The second kappa shape index (κ2) is 8.82. The van der Waals surface area contributed by atoms with Gasteiger partial charge in [0.05, 0.1) is 12.2 Å². The van der Waals surface area contributed by atoms with Crippen LogP contribution >= 0.6 is 0 Å². The van der Waals surface area contributed by atoms with Crippen molar-refractivity contribution in [2.24, 2.45) is 7.05 Å². The van der Waals surface area contributed by atoms with Gasteiger partial charge in [-0.25, -0.2) is 18.3 Å². The second-order valence-electron chi connectivity index (χ2n) is 4.03. The van der Waals surface area contributed by atoms with E-state index < -0.39 is 17.6 Å². The zero-order valence-electron chi connectivity index (χ0n) is 13.5. The molecule has 0 aliphatic carbocycles. The van der Waals surface area contributed by atoms with Gasteiger partial charge in [-0.15, -0.1) is 5.10 Å². The van der Waals surface area contributed by atoms with E-state index in [4.69, 9.17) is 4.74 Å². The number of esters is 1. The molecule has 2 rings (SSSR count). The fraction of sp³-hybridized carbons (Fsp3) is 0.400. The van der Waals surface area contributed by atoms with E-state index in [1.165, 1.54) is 17.8 Å². The predicted molar refractivity (Wildman–Crippen MR) is 79.8 cm³/mol. The van der Waals surface area contributed by atoms with E-state index in [2.05, 4.69) is 14.8 Å². The summed E-state index contributed by atoms with van der Waals surface area (Å²) < 4.78 is 38.3. The smallest absolute Gasteiger partial charge is 0.344 e. The molecule has 0 spiro atoms. The van der Waals surface area contributed by atoms with Crippen molar-refractivity contribution in [3.05, 3.63) is 29.8 Å². The summed E-state index contributed by atoms with van der Waals surface area (Å²) in [6.45, 7) is 5.51. The largest absolute Gasteiger partial charge is 0.463 e. The molecule has 6 nitrogen and oxygen atoms in total. The Morgan fingerprint density at radius 2 is 1.87 bits per heavy atom. The van der Waals surface area contributed by atoms with Crippen LogP contribution in [0.25, 0.3) is 11.4 Å². The molecule has 126 valence electrons. The monoisotopic (exact) mass is 327 g/mol. The summed E-state index contributed by atoms with van der Waals surface area (Å²) >= 11 is 0. The summed E-state index contributed by atoms with van der Waals surface area (Å²) in [5.74, 6) is -2.14. The first-order valence-corrected chi connectivity index (χ1v) is 7.16. The second-order valence-corrected chi connectivity index (χ2v) is 4.03. The minimum atomic E-state index is -0.762. The summed E-state index contributed by atoms with van der Waals surface area (Å²) in [7, 11) is 1.46.